The van der Waals surface area contributed by atoms with Crippen LogP contribution in [0.15, 0.2) is 42.5 Å². The summed E-state index contributed by atoms with van der Waals surface area (Å²) in [4.78, 5) is 0. The highest BCUT2D eigenvalue weighted by molar-refractivity contribution is 5.43. The number of fused-ring (bicyclic) bond motifs is 1. The van der Waals surface area contributed by atoms with Crippen LogP contribution in [-0.2, 0) is 6.42 Å². The molecule has 3 N–H and O–H groups in total. The zero-order chi connectivity index (χ0) is 13.4. The van der Waals surface area contributed by atoms with Crippen LogP contribution in [0.2, 0.25) is 0 Å². The Morgan fingerprint density at radius 2 is 1.79 bits per heavy atom. The molecule has 3 rings (SSSR count). The summed E-state index contributed by atoms with van der Waals surface area (Å²) in [6.07, 6.45) is -0.768. The first kappa shape index (κ1) is 11.9. The fraction of sp³-hybridized carbons (Fsp3) is 0.200. The van der Waals surface area contributed by atoms with Crippen LogP contribution in [0.4, 0.5) is 0 Å². The van der Waals surface area contributed by atoms with E-state index in [2.05, 4.69) is 0 Å². The van der Waals surface area contributed by atoms with Crippen LogP contribution in [-0.4, -0.2) is 21.4 Å². The first-order valence-electron chi connectivity index (χ1n) is 6.09. The summed E-state index contributed by atoms with van der Waals surface area (Å²) in [5.41, 5.74) is 1.57. The summed E-state index contributed by atoms with van der Waals surface area (Å²) in [6.45, 7) is 0. The maximum Gasteiger partial charge on any atom is 0.150 e. The molecule has 4 nitrogen and oxygen atoms in total. The van der Waals surface area contributed by atoms with Crippen molar-refractivity contribution in [3.05, 3.63) is 53.6 Å². The van der Waals surface area contributed by atoms with Crippen molar-refractivity contribution in [1.29, 1.82) is 0 Å². The largest absolute Gasteiger partial charge is 0.508 e. The van der Waals surface area contributed by atoms with Gasteiger partial charge in [0, 0.05) is 12.5 Å². The fourth-order valence-electron chi connectivity index (χ4n) is 2.36. The molecule has 0 radical (unpaired) electrons. The predicted molar refractivity (Wildman–Crippen MR) is 69.3 cm³/mol. The lowest BCUT2D eigenvalue weighted by atomic mass is 9.94. The Balaban J connectivity index is 1.97. The summed E-state index contributed by atoms with van der Waals surface area (Å²) >= 11 is 0. The van der Waals surface area contributed by atoms with Gasteiger partial charge < -0.3 is 20.1 Å². The van der Waals surface area contributed by atoms with Gasteiger partial charge in [-0.2, -0.15) is 0 Å². The number of hydrogen-bond acceptors (Lipinski definition) is 4. The lowest BCUT2D eigenvalue weighted by Crippen LogP contribution is -2.30. The zero-order valence-corrected chi connectivity index (χ0v) is 10.2. The minimum absolute atomic E-state index is 0.129. The van der Waals surface area contributed by atoms with Crippen LogP contribution >= 0.6 is 0 Å². The monoisotopic (exact) mass is 258 g/mol. The topological polar surface area (TPSA) is 69.9 Å². The van der Waals surface area contributed by atoms with Crippen molar-refractivity contribution >= 4 is 0 Å². The number of aliphatic hydroxyl groups is 1. The molecule has 2 aromatic rings. The van der Waals surface area contributed by atoms with E-state index in [9.17, 15) is 15.3 Å². The van der Waals surface area contributed by atoms with E-state index in [1.807, 2.05) is 0 Å². The van der Waals surface area contributed by atoms with Gasteiger partial charge in [0.25, 0.3) is 0 Å². The number of rotatable bonds is 1. The Labute approximate surface area is 110 Å². The summed E-state index contributed by atoms with van der Waals surface area (Å²) in [7, 11) is 0. The van der Waals surface area contributed by atoms with E-state index in [-0.39, 0.29) is 11.5 Å². The average Bonchev–Trinajstić information content (AvgIpc) is 2.38. The van der Waals surface area contributed by atoms with Gasteiger partial charge in [-0.3, -0.25) is 0 Å². The summed E-state index contributed by atoms with van der Waals surface area (Å²) in [5, 5.41) is 29.1. The molecular weight excluding hydrogens is 244 g/mol. The predicted octanol–water partition coefficient (Wildman–Crippen LogP) is 2.13. The van der Waals surface area contributed by atoms with E-state index >= 15 is 0 Å². The molecular formula is C15H14O4. The van der Waals surface area contributed by atoms with Crippen LogP contribution in [0.25, 0.3) is 0 Å². The molecule has 0 aliphatic carbocycles. The number of aliphatic hydroxyl groups excluding tert-OH is 1. The second-order valence-electron chi connectivity index (χ2n) is 4.70. The van der Waals surface area contributed by atoms with E-state index in [4.69, 9.17) is 4.74 Å². The molecule has 0 fully saturated rings. The third kappa shape index (κ3) is 2.22. The van der Waals surface area contributed by atoms with Crippen LogP contribution in [0, 0.1) is 0 Å². The molecule has 0 bridgehead atoms. The van der Waals surface area contributed by atoms with Crippen molar-refractivity contribution in [3.63, 3.8) is 0 Å². The van der Waals surface area contributed by atoms with Gasteiger partial charge in [0.05, 0.1) is 6.10 Å². The number of hydrogen-bond donors (Lipinski definition) is 3. The molecule has 0 saturated heterocycles. The number of benzene rings is 2. The first-order valence-corrected chi connectivity index (χ1v) is 6.09. The molecule has 4 heteroatoms. The first-order chi connectivity index (χ1) is 9.13. The van der Waals surface area contributed by atoms with Crippen LogP contribution in [0.5, 0.6) is 17.2 Å². The summed E-state index contributed by atoms with van der Waals surface area (Å²) < 4.78 is 5.74. The molecule has 2 atom stereocenters. The summed E-state index contributed by atoms with van der Waals surface area (Å²) in [5.74, 6) is 0.832. The molecule has 1 aliphatic heterocycles. The third-order valence-corrected chi connectivity index (χ3v) is 3.28. The van der Waals surface area contributed by atoms with Crippen LogP contribution in [0.3, 0.4) is 0 Å². The number of phenols is 2. The highest BCUT2D eigenvalue weighted by Gasteiger charge is 2.30. The van der Waals surface area contributed by atoms with Gasteiger partial charge in [-0.25, -0.2) is 0 Å². The standard InChI is InChI=1S/C15H14O4/c16-11-3-1-2-10(6-11)15-13(18)7-9-4-5-12(17)8-14(9)19-15/h1-6,8,13,15-18H,7H2/t13-,15?/m1/s1. The van der Waals surface area contributed by atoms with Gasteiger partial charge in [0.15, 0.2) is 0 Å². The van der Waals surface area contributed by atoms with E-state index in [1.54, 1.807) is 36.4 Å². The van der Waals surface area contributed by atoms with E-state index < -0.39 is 12.2 Å². The van der Waals surface area contributed by atoms with Crippen LogP contribution in [0.1, 0.15) is 17.2 Å². The van der Waals surface area contributed by atoms with Gasteiger partial charge in [-0.1, -0.05) is 18.2 Å². The second kappa shape index (κ2) is 4.48. The Morgan fingerprint density at radius 1 is 1.00 bits per heavy atom. The molecule has 2 aromatic carbocycles. The lowest BCUT2D eigenvalue weighted by molar-refractivity contribution is 0.0205. The molecule has 98 valence electrons. The van der Waals surface area contributed by atoms with Gasteiger partial charge in [0.1, 0.15) is 23.4 Å². The minimum atomic E-state index is -0.682. The molecule has 1 unspecified atom stereocenters. The average molecular weight is 258 g/mol. The number of phenolic OH excluding ortho intramolecular Hbond substituents is 2. The molecule has 0 amide bonds. The minimum Gasteiger partial charge on any atom is -0.508 e. The zero-order valence-electron chi connectivity index (χ0n) is 10.2. The van der Waals surface area contributed by atoms with E-state index in [1.165, 1.54) is 6.07 Å². The molecule has 1 aliphatic rings. The molecule has 1 heterocycles. The maximum atomic E-state index is 10.2. The van der Waals surface area contributed by atoms with Crippen molar-refractivity contribution in [3.8, 4) is 17.2 Å². The smallest absolute Gasteiger partial charge is 0.150 e. The lowest BCUT2D eigenvalue weighted by Gasteiger charge is -2.31. The van der Waals surface area contributed by atoms with Gasteiger partial charge in [-0.15, -0.1) is 0 Å². The Kier molecular flexibility index (Phi) is 2.80. The number of aromatic hydroxyl groups is 2. The van der Waals surface area contributed by atoms with Crippen molar-refractivity contribution in [1.82, 2.24) is 0 Å². The molecule has 0 aromatic heterocycles. The third-order valence-electron chi connectivity index (χ3n) is 3.28. The van der Waals surface area contributed by atoms with Gasteiger partial charge in [-0.05, 0) is 29.3 Å². The van der Waals surface area contributed by atoms with E-state index in [0.29, 0.717) is 17.7 Å². The second-order valence-corrected chi connectivity index (χ2v) is 4.70. The quantitative estimate of drug-likeness (QED) is 0.733. The molecule has 0 saturated carbocycles. The van der Waals surface area contributed by atoms with E-state index in [0.717, 1.165) is 5.56 Å². The van der Waals surface area contributed by atoms with Crippen molar-refractivity contribution in [2.45, 2.75) is 18.6 Å². The SMILES string of the molecule is Oc1cccc(C2Oc3cc(O)ccc3C[C@H]2O)c1. The van der Waals surface area contributed by atoms with Gasteiger partial charge in [0.2, 0.25) is 0 Å². The summed E-state index contributed by atoms with van der Waals surface area (Å²) in [6, 6.07) is 11.5. The maximum absolute atomic E-state index is 10.2. The van der Waals surface area contributed by atoms with Crippen molar-refractivity contribution < 1.29 is 20.1 Å². The molecule has 0 spiro atoms. The highest BCUT2D eigenvalue weighted by Crippen LogP contribution is 2.37. The van der Waals surface area contributed by atoms with Gasteiger partial charge >= 0.3 is 0 Å². The highest BCUT2D eigenvalue weighted by atomic mass is 16.5. The molecule has 19 heavy (non-hydrogen) atoms. The van der Waals surface area contributed by atoms with Crippen molar-refractivity contribution in [2.24, 2.45) is 0 Å². The fourth-order valence-corrected chi connectivity index (χ4v) is 2.36. The normalized spacial score (nSPS) is 21.5. The van der Waals surface area contributed by atoms with Crippen LogP contribution < -0.4 is 4.74 Å². The Bertz CT molecular complexity index is 609. The Morgan fingerprint density at radius 3 is 2.58 bits per heavy atom. The van der Waals surface area contributed by atoms with Crippen molar-refractivity contribution in [2.75, 3.05) is 0 Å². The Hall–Kier alpha value is -2.20. The number of ether oxygens (including phenoxy) is 1.